The Balaban J connectivity index is 0.000000270. The third kappa shape index (κ3) is 10.3. The fourth-order valence-corrected chi connectivity index (χ4v) is 5.36. The molecule has 0 bridgehead atoms. The summed E-state index contributed by atoms with van der Waals surface area (Å²) in [4.78, 5) is 22.7. The van der Waals surface area contributed by atoms with Crippen molar-refractivity contribution < 1.29 is 57.9 Å². The van der Waals surface area contributed by atoms with Crippen LogP contribution in [0.15, 0.2) is 94.7 Å². The highest BCUT2D eigenvalue weighted by Crippen LogP contribution is 2.31. The summed E-state index contributed by atoms with van der Waals surface area (Å²) < 4.78 is 120. The number of anilines is 4. The van der Waals surface area contributed by atoms with Gasteiger partial charge in [-0.05, 0) is 79.7 Å². The topological polar surface area (TPSA) is 169 Å². The predicted octanol–water partition coefficient (Wildman–Crippen LogP) is 7.12. The van der Waals surface area contributed by atoms with Crippen molar-refractivity contribution in [1.29, 1.82) is 0 Å². The summed E-state index contributed by atoms with van der Waals surface area (Å²) in [5, 5.41) is 9.62. The molecule has 0 saturated heterocycles. The molecule has 268 valence electrons. The number of carbonyl (C=O) groups is 2. The van der Waals surface area contributed by atoms with Gasteiger partial charge in [-0.15, -0.1) is 0 Å². The number of hydrogen-bond donors (Lipinski definition) is 4. The molecule has 0 radical (unpaired) electrons. The number of amides is 4. The van der Waals surface area contributed by atoms with Crippen molar-refractivity contribution in [3.05, 3.63) is 96.3 Å². The molecule has 0 aromatic heterocycles. The summed E-state index contributed by atoms with van der Waals surface area (Å²) in [6.07, 6.45) is 0. The second-order valence-electron chi connectivity index (χ2n) is 9.87. The van der Waals surface area contributed by atoms with Gasteiger partial charge in [-0.25, -0.2) is 30.8 Å². The third-order valence-electron chi connectivity index (χ3n) is 6.38. The molecule has 4 rings (SSSR count). The van der Waals surface area contributed by atoms with Gasteiger partial charge in [-0.2, -0.15) is 17.6 Å². The SMILES string of the molecule is COc1ccc(S(=O)(=O)C(F)F)cc1NC(=O)Nc1ccc(C)cc1.COc1ccc(S(=O)(=O)C(F)F)cc1NC(=O)Nc1ccc(F)cc1. The number of sulfone groups is 2. The number of rotatable bonds is 10. The number of nitrogens with one attached hydrogen (secondary N) is 4. The first-order chi connectivity index (χ1) is 23.5. The van der Waals surface area contributed by atoms with E-state index in [4.69, 9.17) is 9.47 Å². The maximum absolute atomic E-state index is 12.8. The zero-order valence-electron chi connectivity index (χ0n) is 26.2. The number of aryl methyl sites for hydroxylation is 1. The summed E-state index contributed by atoms with van der Waals surface area (Å²) in [7, 11) is -7.04. The van der Waals surface area contributed by atoms with E-state index in [-0.39, 0.29) is 28.6 Å². The van der Waals surface area contributed by atoms with E-state index in [1.165, 1.54) is 32.4 Å². The van der Waals surface area contributed by atoms with Crippen LogP contribution in [-0.2, 0) is 19.7 Å². The molecule has 4 aromatic carbocycles. The molecule has 4 N–H and O–H groups in total. The van der Waals surface area contributed by atoms with Crippen LogP contribution in [0, 0.1) is 12.7 Å². The molecule has 12 nitrogen and oxygen atoms in total. The molecule has 0 fully saturated rings. The summed E-state index contributed by atoms with van der Waals surface area (Å²) in [5.74, 6) is -7.44. The van der Waals surface area contributed by atoms with Crippen LogP contribution >= 0.6 is 0 Å². The molecule has 4 aromatic rings. The summed E-state index contributed by atoms with van der Waals surface area (Å²) >= 11 is 0. The first-order valence-corrected chi connectivity index (χ1v) is 17.0. The first kappa shape index (κ1) is 39.0. The summed E-state index contributed by atoms with van der Waals surface area (Å²) in [5.41, 5.74) is 1.63. The molecule has 0 unspecified atom stereocenters. The Morgan fingerprint density at radius 2 is 0.940 bits per heavy atom. The average molecular weight is 745 g/mol. The van der Waals surface area contributed by atoms with Crippen molar-refractivity contribution in [3.63, 3.8) is 0 Å². The minimum Gasteiger partial charge on any atom is -0.495 e. The Hall–Kier alpha value is -5.43. The fraction of sp³-hybridized carbons (Fsp3) is 0.161. The Morgan fingerprint density at radius 3 is 1.28 bits per heavy atom. The van der Waals surface area contributed by atoms with Crippen LogP contribution in [0.4, 0.5) is 54.3 Å². The lowest BCUT2D eigenvalue weighted by Crippen LogP contribution is -2.20. The van der Waals surface area contributed by atoms with E-state index in [1.54, 1.807) is 24.3 Å². The Bertz CT molecular complexity index is 1890. The minimum absolute atomic E-state index is 0.0474. The lowest BCUT2D eigenvalue weighted by atomic mass is 10.2. The van der Waals surface area contributed by atoms with E-state index >= 15 is 0 Å². The van der Waals surface area contributed by atoms with Crippen LogP contribution < -0.4 is 30.7 Å². The Labute approximate surface area is 283 Å². The maximum atomic E-state index is 12.8. The smallest absolute Gasteiger partial charge is 0.341 e. The van der Waals surface area contributed by atoms with Gasteiger partial charge in [0.25, 0.3) is 0 Å². The second kappa shape index (κ2) is 16.8. The quantitative estimate of drug-likeness (QED) is 0.125. The molecule has 0 spiro atoms. The second-order valence-corrected chi connectivity index (χ2v) is 13.7. The number of hydrogen-bond acceptors (Lipinski definition) is 8. The number of ether oxygens (including phenoxy) is 2. The van der Waals surface area contributed by atoms with E-state index < -0.39 is 58.9 Å². The largest absolute Gasteiger partial charge is 0.495 e. The molecule has 50 heavy (non-hydrogen) atoms. The van der Waals surface area contributed by atoms with E-state index in [9.17, 15) is 48.4 Å². The molecule has 0 aliphatic carbocycles. The molecule has 4 amide bonds. The van der Waals surface area contributed by atoms with Gasteiger partial charge in [0.1, 0.15) is 17.3 Å². The number of halogens is 5. The van der Waals surface area contributed by atoms with Crippen LogP contribution in [0.1, 0.15) is 5.56 Å². The van der Waals surface area contributed by atoms with Crippen molar-refractivity contribution in [2.45, 2.75) is 28.2 Å². The van der Waals surface area contributed by atoms with Gasteiger partial charge in [0.05, 0.1) is 35.4 Å². The van der Waals surface area contributed by atoms with Gasteiger partial charge < -0.3 is 30.7 Å². The lowest BCUT2D eigenvalue weighted by molar-refractivity contribution is 0.234. The Morgan fingerprint density at radius 1 is 0.580 bits per heavy atom. The molecular weight excluding hydrogens is 715 g/mol. The third-order valence-corrected chi connectivity index (χ3v) is 9.14. The monoisotopic (exact) mass is 744 g/mol. The average Bonchev–Trinajstić information content (AvgIpc) is 3.06. The van der Waals surface area contributed by atoms with Gasteiger partial charge in [-0.3, -0.25) is 0 Å². The van der Waals surface area contributed by atoms with Crippen molar-refractivity contribution in [2.75, 3.05) is 35.5 Å². The summed E-state index contributed by atoms with van der Waals surface area (Å²) in [6, 6.07) is 16.4. The van der Waals surface area contributed by atoms with Crippen LogP contribution in [0.25, 0.3) is 0 Å². The highest BCUT2D eigenvalue weighted by molar-refractivity contribution is 7.92. The fourth-order valence-electron chi connectivity index (χ4n) is 3.87. The van der Waals surface area contributed by atoms with Crippen molar-refractivity contribution in [3.8, 4) is 11.5 Å². The molecule has 0 aliphatic rings. The van der Waals surface area contributed by atoms with E-state index in [0.29, 0.717) is 5.69 Å². The van der Waals surface area contributed by atoms with Crippen molar-refractivity contribution >= 4 is 54.5 Å². The van der Waals surface area contributed by atoms with Crippen LogP contribution in [0.3, 0.4) is 0 Å². The first-order valence-electron chi connectivity index (χ1n) is 13.9. The highest BCUT2D eigenvalue weighted by Gasteiger charge is 2.28. The van der Waals surface area contributed by atoms with Crippen molar-refractivity contribution in [1.82, 2.24) is 0 Å². The standard InChI is InChI=1S/C16H16F2N2O4S.C15H13F3N2O4S/c1-10-3-5-11(6-4-10)19-16(21)20-13-9-12(7-8-14(13)24-2)25(22,23)15(17)18;1-24-13-7-6-11(25(22,23)14(17)18)8-12(13)20-15(21)19-10-4-2-9(16)3-5-10/h3-9,15H,1-2H3,(H2,19,20,21);2-8,14H,1H3,(H2,19,20,21). The minimum atomic E-state index is -4.83. The summed E-state index contributed by atoms with van der Waals surface area (Å²) in [6.45, 7) is 1.89. The van der Waals surface area contributed by atoms with Gasteiger partial charge in [-0.1, -0.05) is 17.7 Å². The molecule has 19 heteroatoms. The molecule has 0 heterocycles. The zero-order valence-corrected chi connectivity index (χ0v) is 27.8. The van der Waals surface area contributed by atoms with Crippen LogP contribution in [0.5, 0.6) is 11.5 Å². The number of carbonyl (C=O) groups excluding carboxylic acids is 2. The molecule has 0 atom stereocenters. The van der Waals surface area contributed by atoms with Gasteiger partial charge in [0, 0.05) is 11.4 Å². The molecule has 0 aliphatic heterocycles. The number of urea groups is 2. The normalized spacial score (nSPS) is 11.2. The van der Waals surface area contributed by atoms with Crippen LogP contribution in [0.2, 0.25) is 0 Å². The van der Waals surface area contributed by atoms with E-state index in [2.05, 4.69) is 21.3 Å². The highest BCUT2D eigenvalue weighted by atomic mass is 32.2. The van der Waals surface area contributed by atoms with Crippen LogP contribution in [-0.4, -0.2) is 54.6 Å². The predicted molar refractivity (Wildman–Crippen MR) is 175 cm³/mol. The van der Waals surface area contributed by atoms with E-state index in [1.807, 2.05) is 6.92 Å². The number of methoxy groups -OCH3 is 2. The van der Waals surface area contributed by atoms with Crippen molar-refractivity contribution in [2.24, 2.45) is 0 Å². The van der Waals surface area contributed by atoms with E-state index in [0.717, 1.165) is 48.0 Å². The molecule has 0 saturated carbocycles. The lowest BCUT2D eigenvalue weighted by Gasteiger charge is -2.13. The molecular formula is C31H29F5N4O8S2. The zero-order chi connectivity index (χ0) is 37.2. The maximum Gasteiger partial charge on any atom is 0.341 e. The van der Waals surface area contributed by atoms with Gasteiger partial charge >= 0.3 is 23.6 Å². The Kier molecular flexibility index (Phi) is 13.1. The van der Waals surface area contributed by atoms with Gasteiger partial charge in [0.15, 0.2) is 0 Å². The number of benzene rings is 4. The number of alkyl halides is 4. The van der Waals surface area contributed by atoms with Gasteiger partial charge in [0.2, 0.25) is 19.7 Å².